The third-order valence-electron chi connectivity index (χ3n) is 6.25. The lowest BCUT2D eigenvalue weighted by atomic mass is 9.88. The highest BCUT2D eigenvalue weighted by molar-refractivity contribution is 5.87. The first-order chi connectivity index (χ1) is 15.2. The molecule has 162 valence electrons. The van der Waals surface area contributed by atoms with Crippen molar-refractivity contribution in [3.8, 4) is 11.3 Å². The van der Waals surface area contributed by atoms with Crippen LogP contribution in [-0.4, -0.2) is 51.0 Å². The van der Waals surface area contributed by atoms with E-state index in [2.05, 4.69) is 15.0 Å². The Morgan fingerprint density at radius 2 is 1.90 bits per heavy atom. The molecule has 0 N–H and O–H groups in total. The molecule has 3 heterocycles. The number of likely N-dealkylation sites (tertiary alicyclic amines) is 1. The van der Waals surface area contributed by atoms with Crippen molar-refractivity contribution in [1.29, 1.82) is 0 Å². The second-order valence-electron chi connectivity index (χ2n) is 8.08. The monoisotopic (exact) mass is 418 g/mol. The first-order valence-electron chi connectivity index (χ1n) is 11.1. The molecule has 1 aliphatic heterocycles. The number of rotatable bonds is 8. The van der Waals surface area contributed by atoms with Crippen molar-refractivity contribution < 1.29 is 9.32 Å². The molecular weight excluding hydrogens is 388 g/mol. The van der Waals surface area contributed by atoms with Crippen LogP contribution in [-0.2, 0) is 17.8 Å². The summed E-state index contributed by atoms with van der Waals surface area (Å²) in [6, 6.07) is 17.9. The highest BCUT2D eigenvalue weighted by atomic mass is 16.5. The zero-order chi connectivity index (χ0) is 21.7. The van der Waals surface area contributed by atoms with Crippen LogP contribution in [0.2, 0.25) is 0 Å². The van der Waals surface area contributed by atoms with Gasteiger partial charge in [0.2, 0.25) is 5.91 Å². The van der Waals surface area contributed by atoms with Crippen molar-refractivity contribution in [2.24, 2.45) is 0 Å². The standard InChI is InChI=1S/C25H30N4O2/c1-3-28(4-2)24(30)25(14-10-16-29(25)19-21-13-8-9-15-26-21)18-22-17-23(27-31-22)20-11-6-5-7-12-20/h5-9,11-13,15,17H,3-4,10,14,16,18-19H2,1-2H3/t25-/m0/s1. The maximum atomic E-state index is 13.8. The van der Waals surface area contributed by atoms with Crippen LogP contribution in [0.15, 0.2) is 65.3 Å². The van der Waals surface area contributed by atoms with Crippen LogP contribution in [0.4, 0.5) is 0 Å². The van der Waals surface area contributed by atoms with E-state index in [1.54, 1.807) is 0 Å². The molecule has 1 aliphatic rings. The van der Waals surface area contributed by atoms with Crippen LogP contribution in [0.5, 0.6) is 0 Å². The molecule has 31 heavy (non-hydrogen) atoms. The van der Waals surface area contributed by atoms with E-state index in [1.807, 2.05) is 79.5 Å². The molecule has 0 spiro atoms. The van der Waals surface area contributed by atoms with Gasteiger partial charge in [-0.2, -0.15) is 0 Å². The van der Waals surface area contributed by atoms with Gasteiger partial charge in [0, 0.05) is 43.9 Å². The average molecular weight is 419 g/mol. The molecule has 1 saturated heterocycles. The lowest BCUT2D eigenvalue weighted by Crippen LogP contribution is -2.57. The molecule has 6 heteroatoms. The van der Waals surface area contributed by atoms with Crippen molar-refractivity contribution in [3.63, 3.8) is 0 Å². The summed E-state index contributed by atoms with van der Waals surface area (Å²) < 4.78 is 5.74. The molecule has 0 bridgehead atoms. The van der Waals surface area contributed by atoms with Crippen LogP contribution in [0.25, 0.3) is 11.3 Å². The number of aromatic nitrogens is 2. The van der Waals surface area contributed by atoms with Crippen molar-refractivity contribution >= 4 is 5.91 Å². The molecule has 1 aromatic carbocycles. The number of nitrogens with zero attached hydrogens (tertiary/aromatic N) is 4. The Balaban J connectivity index is 1.66. The minimum absolute atomic E-state index is 0.170. The number of pyridine rings is 1. The van der Waals surface area contributed by atoms with E-state index in [9.17, 15) is 4.79 Å². The molecule has 0 unspecified atom stereocenters. The summed E-state index contributed by atoms with van der Waals surface area (Å²) in [6.07, 6.45) is 4.09. The lowest BCUT2D eigenvalue weighted by Gasteiger charge is -2.39. The van der Waals surface area contributed by atoms with Gasteiger partial charge >= 0.3 is 0 Å². The van der Waals surface area contributed by atoms with Gasteiger partial charge in [-0.15, -0.1) is 0 Å². The molecule has 1 fully saturated rings. The Kier molecular flexibility index (Phi) is 6.47. The maximum absolute atomic E-state index is 13.8. The summed E-state index contributed by atoms with van der Waals surface area (Å²) in [5.41, 5.74) is 2.15. The fraction of sp³-hybridized carbons (Fsp3) is 0.400. The minimum Gasteiger partial charge on any atom is -0.361 e. The number of carbonyl (C=O) groups excluding carboxylic acids is 1. The normalized spacial score (nSPS) is 18.9. The molecule has 6 nitrogen and oxygen atoms in total. The highest BCUT2D eigenvalue weighted by Crippen LogP contribution is 2.36. The van der Waals surface area contributed by atoms with Gasteiger partial charge in [-0.1, -0.05) is 41.6 Å². The Morgan fingerprint density at radius 1 is 1.13 bits per heavy atom. The second kappa shape index (κ2) is 9.43. The van der Waals surface area contributed by atoms with E-state index < -0.39 is 5.54 Å². The summed E-state index contributed by atoms with van der Waals surface area (Å²) >= 11 is 0. The molecule has 0 radical (unpaired) electrons. The fourth-order valence-electron chi connectivity index (χ4n) is 4.60. The Bertz CT molecular complexity index is 985. The van der Waals surface area contributed by atoms with Crippen LogP contribution in [0.1, 0.15) is 38.1 Å². The SMILES string of the molecule is CCN(CC)C(=O)[C@@]1(Cc2cc(-c3ccccc3)no2)CCCN1Cc1ccccn1. The van der Waals surface area contributed by atoms with Crippen molar-refractivity contribution in [2.45, 2.75) is 45.2 Å². The number of carbonyl (C=O) groups is 1. The van der Waals surface area contributed by atoms with E-state index in [1.165, 1.54) is 0 Å². The number of amides is 1. The minimum atomic E-state index is -0.642. The van der Waals surface area contributed by atoms with Crippen LogP contribution >= 0.6 is 0 Å². The third kappa shape index (κ3) is 4.39. The predicted molar refractivity (Wildman–Crippen MR) is 120 cm³/mol. The maximum Gasteiger partial charge on any atom is 0.243 e. The van der Waals surface area contributed by atoms with E-state index >= 15 is 0 Å². The van der Waals surface area contributed by atoms with Gasteiger partial charge in [0.1, 0.15) is 17.0 Å². The number of benzene rings is 1. The Hall–Kier alpha value is -2.99. The molecule has 1 atom stereocenters. The first kappa shape index (κ1) is 21.2. The zero-order valence-corrected chi connectivity index (χ0v) is 18.3. The summed E-state index contributed by atoms with van der Waals surface area (Å²) in [6.45, 7) is 6.97. The van der Waals surface area contributed by atoms with Gasteiger partial charge in [-0.05, 0) is 45.4 Å². The lowest BCUT2D eigenvalue weighted by molar-refractivity contribution is -0.143. The largest absolute Gasteiger partial charge is 0.361 e. The summed E-state index contributed by atoms with van der Waals surface area (Å²) in [5.74, 6) is 0.913. The van der Waals surface area contributed by atoms with Gasteiger partial charge < -0.3 is 9.42 Å². The number of likely N-dealkylation sites (N-methyl/N-ethyl adjacent to an activating group) is 1. The fourth-order valence-corrected chi connectivity index (χ4v) is 4.60. The van der Waals surface area contributed by atoms with E-state index in [0.717, 1.165) is 42.1 Å². The molecule has 4 rings (SSSR count). The van der Waals surface area contributed by atoms with Gasteiger partial charge in [0.25, 0.3) is 0 Å². The Labute approximate surface area is 183 Å². The number of hydrogen-bond donors (Lipinski definition) is 0. The molecule has 1 amide bonds. The van der Waals surface area contributed by atoms with Gasteiger partial charge in [0.05, 0.1) is 5.69 Å². The van der Waals surface area contributed by atoms with Gasteiger partial charge in [-0.3, -0.25) is 14.7 Å². The highest BCUT2D eigenvalue weighted by Gasteiger charge is 2.49. The topological polar surface area (TPSA) is 62.5 Å². The quantitative estimate of drug-likeness (QED) is 0.549. The predicted octanol–water partition coefficient (Wildman–Crippen LogP) is 4.18. The van der Waals surface area contributed by atoms with E-state index in [4.69, 9.17) is 4.52 Å². The third-order valence-corrected chi connectivity index (χ3v) is 6.25. The molecule has 0 saturated carbocycles. The van der Waals surface area contributed by atoms with Crippen molar-refractivity contribution in [2.75, 3.05) is 19.6 Å². The van der Waals surface area contributed by atoms with Crippen LogP contribution in [0.3, 0.4) is 0 Å². The summed E-state index contributed by atoms with van der Waals surface area (Å²) in [4.78, 5) is 22.5. The molecule has 3 aromatic rings. The Morgan fingerprint density at radius 3 is 2.61 bits per heavy atom. The average Bonchev–Trinajstić information content (AvgIpc) is 3.44. The zero-order valence-electron chi connectivity index (χ0n) is 18.3. The van der Waals surface area contributed by atoms with E-state index in [-0.39, 0.29) is 5.91 Å². The number of hydrogen-bond acceptors (Lipinski definition) is 5. The van der Waals surface area contributed by atoms with Gasteiger partial charge in [0.15, 0.2) is 0 Å². The summed E-state index contributed by atoms with van der Waals surface area (Å²) in [7, 11) is 0. The summed E-state index contributed by atoms with van der Waals surface area (Å²) in [5, 5.41) is 4.28. The second-order valence-corrected chi connectivity index (χ2v) is 8.08. The van der Waals surface area contributed by atoms with Crippen molar-refractivity contribution in [1.82, 2.24) is 19.9 Å². The van der Waals surface area contributed by atoms with Gasteiger partial charge in [-0.25, -0.2) is 0 Å². The van der Waals surface area contributed by atoms with Crippen molar-refractivity contribution in [3.05, 3.63) is 72.2 Å². The molecule has 0 aliphatic carbocycles. The molecule has 2 aromatic heterocycles. The first-order valence-corrected chi connectivity index (χ1v) is 11.1. The van der Waals surface area contributed by atoms with Crippen LogP contribution in [0, 0.1) is 0 Å². The smallest absolute Gasteiger partial charge is 0.243 e. The van der Waals surface area contributed by atoms with E-state index in [0.29, 0.717) is 26.1 Å². The molecular formula is C25H30N4O2. The van der Waals surface area contributed by atoms with Crippen LogP contribution < -0.4 is 0 Å².